The summed E-state index contributed by atoms with van der Waals surface area (Å²) in [7, 11) is 0. The Kier molecular flexibility index (Phi) is 4.90. The first-order valence-electron chi connectivity index (χ1n) is 5.41. The molecule has 0 aliphatic carbocycles. The van der Waals surface area contributed by atoms with Crippen LogP contribution in [0, 0.1) is 11.7 Å². The lowest BCUT2D eigenvalue weighted by atomic mass is 10.0. The van der Waals surface area contributed by atoms with Gasteiger partial charge in [-0.1, -0.05) is 25.4 Å². The molecule has 0 aromatic heterocycles. The summed E-state index contributed by atoms with van der Waals surface area (Å²) >= 11 is 5.60. The van der Waals surface area contributed by atoms with E-state index in [9.17, 15) is 9.18 Å². The molecule has 94 valence electrons. The zero-order valence-corrected chi connectivity index (χ0v) is 10.6. The Morgan fingerprint density at radius 3 is 2.71 bits per heavy atom. The summed E-state index contributed by atoms with van der Waals surface area (Å²) in [5.74, 6) is -0.468. The van der Waals surface area contributed by atoms with Crippen molar-refractivity contribution < 1.29 is 9.18 Å². The molecule has 17 heavy (non-hydrogen) atoms. The molecule has 0 fully saturated rings. The molecule has 1 atom stereocenters. The van der Waals surface area contributed by atoms with Gasteiger partial charge < -0.3 is 11.1 Å². The van der Waals surface area contributed by atoms with Crippen LogP contribution in [0.15, 0.2) is 18.2 Å². The Balaban J connectivity index is 2.64. The smallest absolute Gasteiger partial charge is 0.241 e. The first-order chi connectivity index (χ1) is 7.90. The van der Waals surface area contributed by atoms with Crippen molar-refractivity contribution >= 4 is 23.2 Å². The average molecular weight is 259 g/mol. The highest BCUT2D eigenvalue weighted by Crippen LogP contribution is 2.19. The summed E-state index contributed by atoms with van der Waals surface area (Å²) < 4.78 is 12.9. The zero-order chi connectivity index (χ0) is 13.0. The SMILES string of the molecule is CC(C)CC(N)C(=O)Nc1ccc(F)c(Cl)c1. The van der Waals surface area contributed by atoms with Gasteiger partial charge in [0.25, 0.3) is 0 Å². The van der Waals surface area contributed by atoms with E-state index in [1.54, 1.807) is 0 Å². The third kappa shape index (κ3) is 4.32. The predicted octanol–water partition coefficient (Wildman–Crippen LogP) is 2.79. The Hall–Kier alpha value is -1.13. The Morgan fingerprint density at radius 2 is 2.18 bits per heavy atom. The predicted molar refractivity (Wildman–Crippen MR) is 67.5 cm³/mol. The van der Waals surface area contributed by atoms with Crippen LogP contribution >= 0.6 is 11.6 Å². The molecule has 3 nitrogen and oxygen atoms in total. The molecule has 0 saturated carbocycles. The average Bonchev–Trinajstić information content (AvgIpc) is 2.22. The summed E-state index contributed by atoms with van der Waals surface area (Å²) in [6.07, 6.45) is 0.598. The van der Waals surface area contributed by atoms with Gasteiger partial charge in [0.1, 0.15) is 5.82 Å². The zero-order valence-electron chi connectivity index (χ0n) is 9.84. The molecule has 1 aromatic rings. The molecule has 3 N–H and O–H groups in total. The molecule has 1 rings (SSSR count). The van der Waals surface area contributed by atoms with Crippen molar-refractivity contribution in [3.63, 3.8) is 0 Å². The third-order valence-corrected chi connectivity index (χ3v) is 2.54. The van der Waals surface area contributed by atoms with E-state index in [2.05, 4.69) is 5.32 Å². The second-order valence-corrected chi connectivity index (χ2v) is 4.76. The number of amides is 1. The van der Waals surface area contributed by atoms with Crippen LogP contribution in [0.1, 0.15) is 20.3 Å². The first kappa shape index (κ1) is 13.9. The molecule has 0 saturated heterocycles. The first-order valence-corrected chi connectivity index (χ1v) is 5.79. The maximum atomic E-state index is 12.9. The summed E-state index contributed by atoms with van der Waals surface area (Å²) in [5.41, 5.74) is 6.16. The molecule has 0 bridgehead atoms. The minimum atomic E-state index is -0.571. The second kappa shape index (κ2) is 5.98. The number of rotatable bonds is 4. The van der Waals surface area contributed by atoms with E-state index in [0.29, 0.717) is 18.0 Å². The van der Waals surface area contributed by atoms with Crippen LogP contribution in [-0.2, 0) is 4.79 Å². The van der Waals surface area contributed by atoms with Crippen LogP contribution in [0.5, 0.6) is 0 Å². The van der Waals surface area contributed by atoms with E-state index in [0.717, 1.165) is 0 Å². The van der Waals surface area contributed by atoms with Gasteiger partial charge in [-0.25, -0.2) is 4.39 Å². The van der Waals surface area contributed by atoms with Gasteiger partial charge in [0.2, 0.25) is 5.91 Å². The second-order valence-electron chi connectivity index (χ2n) is 4.35. The monoisotopic (exact) mass is 258 g/mol. The van der Waals surface area contributed by atoms with Gasteiger partial charge >= 0.3 is 0 Å². The normalized spacial score (nSPS) is 12.6. The fourth-order valence-electron chi connectivity index (χ4n) is 1.42. The Bertz CT molecular complexity index is 409. The molecule has 5 heteroatoms. The van der Waals surface area contributed by atoms with Crippen LogP contribution in [0.2, 0.25) is 5.02 Å². The number of hydrogen-bond donors (Lipinski definition) is 2. The molecule has 1 aromatic carbocycles. The van der Waals surface area contributed by atoms with Crippen LogP contribution in [0.4, 0.5) is 10.1 Å². The lowest BCUT2D eigenvalue weighted by molar-refractivity contribution is -0.117. The number of carbonyl (C=O) groups excluding carboxylic acids is 1. The number of nitrogens with one attached hydrogen (secondary N) is 1. The molecular weight excluding hydrogens is 243 g/mol. The number of halogens is 2. The van der Waals surface area contributed by atoms with Crippen LogP contribution in [0.3, 0.4) is 0 Å². The van der Waals surface area contributed by atoms with Crippen molar-refractivity contribution in [2.75, 3.05) is 5.32 Å². The quantitative estimate of drug-likeness (QED) is 0.873. The third-order valence-electron chi connectivity index (χ3n) is 2.25. The molecule has 1 unspecified atom stereocenters. The van der Waals surface area contributed by atoms with Gasteiger partial charge in [-0.15, -0.1) is 0 Å². The molecule has 0 aliphatic rings. The summed E-state index contributed by atoms with van der Waals surface area (Å²) in [6.45, 7) is 3.98. The maximum Gasteiger partial charge on any atom is 0.241 e. The molecule has 0 radical (unpaired) electrons. The number of anilines is 1. The number of hydrogen-bond acceptors (Lipinski definition) is 2. The number of nitrogens with two attached hydrogens (primary N) is 1. The summed E-state index contributed by atoms with van der Waals surface area (Å²) in [5, 5.41) is 2.57. The standard InChI is InChI=1S/C12H16ClFN2O/c1-7(2)5-11(15)12(17)16-8-3-4-10(14)9(13)6-8/h3-4,6-7,11H,5,15H2,1-2H3,(H,16,17). The van der Waals surface area contributed by atoms with Crippen LogP contribution in [0.25, 0.3) is 0 Å². The fourth-order valence-corrected chi connectivity index (χ4v) is 1.60. The van der Waals surface area contributed by atoms with Crippen molar-refractivity contribution in [1.29, 1.82) is 0 Å². The highest BCUT2D eigenvalue weighted by atomic mass is 35.5. The minimum absolute atomic E-state index is 0.0276. The molecule has 0 spiro atoms. The van der Waals surface area contributed by atoms with Crippen LogP contribution in [-0.4, -0.2) is 11.9 Å². The number of benzene rings is 1. The minimum Gasteiger partial charge on any atom is -0.325 e. The van der Waals surface area contributed by atoms with Crippen molar-refractivity contribution in [3.05, 3.63) is 29.0 Å². The van der Waals surface area contributed by atoms with Crippen molar-refractivity contribution in [3.8, 4) is 0 Å². The Morgan fingerprint density at radius 1 is 1.53 bits per heavy atom. The van der Waals surface area contributed by atoms with Crippen LogP contribution < -0.4 is 11.1 Å². The molecule has 0 heterocycles. The van der Waals surface area contributed by atoms with Gasteiger partial charge in [0.15, 0.2) is 0 Å². The van der Waals surface area contributed by atoms with E-state index < -0.39 is 11.9 Å². The van der Waals surface area contributed by atoms with Gasteiger partial charge in [-0.3, -0.25) is 4.79 Å². The largest absolute Gasteiger partial charge is 0.325 e. The van der Waals surface area contributed by atoms with E-state index in [-0.39, 0.29) is 10.9 Å². The fraction of sp³-hybridized carbons (Fsp3) is 0.417. The molecular formula is C12H16ClFN2O. The van der Waals surface area contributed by atoms with Crippen molar-refractivity contribution in [1.82, 2.24) is 0 Å². The van der Waals surface area contributed by atoms with Crippen molar-refractivity contribution in [2.24, 2.45) is 11.7 Å². The Labute approximate surface area is 105 Å². The van der Waals surface area contributed by atoms with Crippen molar-refractivity contribution in [2.45, 2.75) is 26.3 Å². The van der Waals surface area contributed by atoms with E-state index in [4.69, 9.17) is 17.3 Å². The van der Waals surface area contributed by atoms with E-state index >= 15 is 0 Å². The summed E-state index contributed by atoms with van der Waals surface area (Å²) in [6, 6.07) is 3.43. The van der Waals surface area contributed by atoms with Gasteiger partial charge in [-0.05, 0) is 30.5 Å². The summed E-state index contributed by atoms with van der Waals surface area (Å²) in [4.78, 5) is 11.7. The molecule has 1 amide bonds. The van der Waals surface area contributed by atoms with Gasteiger partial charge in [0.05, 0.1) is 11.1 Å². The van der Waals surface area contributed by atoms with Gasteiger partial charge in [0, 0.05) is 5.69 Å². The maximum absolute atomic E-state index is 12.9. The molecule has 0 aliphatic heterocycles. The number of carbonyl (C=O) groups is 1. The lowest BCUT2D eigenvalue weighted by Crippen LogP contribution is -2.36. The topological polar surface area (TPSA) is 55.1 Å². The lowest BCUT2D eigenvalue weighted by Gasteiger charge is -2.14. The highest BCUT2D eigenvalue weighted by Gasteiger charge is 2.15. The van der Waals surface area contributed by atoms with E-state index in [1.165, 1.54) is 18.2 Å². The van der Waals surface area contributed by atoms with Gasteiger partial charge in [-0.2, -0.15) is 0 Å². The van der Waals surface area contributed by atoms with E-state index in [1.807, 2.05) is 13.8 Å². The highest BCUT2D eigenvalue weighted by molar-refractivity contribution is 6.31.